The lowest BCUT2D eigenvalue weighted by Crippen LogP contribution is -2.24. The van der Waals surface area contributed by atoms with Crippen molar-refractivity contribution < 1.29 is 14.3 Å². The van der Waals surface area contributed by atoms with E-state index in [0.29, 0.717) is 13.1 Å². The number of nitrogens with zero attached hydrogens (tertiary/aromatic N) is 4. The number of hydrogen-bond acceptors (Lipinski definition) is 8. The molecular weight excluding hydrogens is 324 g/mol. The van der Waals surface area contributed by atoms with Gasteiger partial charge in [-0.15, -0.1) is 0 Å². The normalized spacial score (nSPS) is 22.1. The van der Waals surface area contributed by atoms with Crippen LogP contribution in [0.25, 0.3) is 22.3 Å². The molecule has 0 amide bonds. The quantitative estimate of drug-likeness (QED) is 0.672. The van der Waals surface area contributed by atoms with Crippen LogP contribution in [0.15, 0.2) is 30.7 Å². The first-order valence-electron chi connectivity index (χ1n) is 7.86. The molecule has 5 heterocycles. The Morgan fingerprint density at radius 3 is 2.68 bits per heavy atom. The van der Waals surface area contributed by atoms with Crippen LogP contribution in [-0.2, 0) is 9.47 Å². The van der Waals surface area contributed by atoms with Crippen LogP contribution in [-0.4, -0.2) is 51.4 Å². The van der Waals surface area contributed by atoms with E-state index in [9.17, 15) is 4.79 Å². The van der Waals surface area contributed by atoms with E-state index in [4.69, 9.17) is 15.2 Å². The first kappa shape index (κ1) is 14.0. The zero-order chi connectivity index (χ0) is 17.0. The maximum atomic E-state index is 11.2. The van der Waals surface area contributed by atoms with Gasteiger partial charge < -0.3 is 25.1 Å². The third-order valence-corrected chi connectivity index (χ3v) is 4.55. The minimum Gasteiger partial charge on any atom is -0.425 e. The number of pyridine rings is 1. The molecule has 0 aliphatic carbocycles. The fraction of sp³-hybridized carbons (Fsp3) is 0.250. The number of fused-ring (bicyclic) bond motifs is 2. The number of aromatic amines is 1. The van der Waals surface area contributed by atoms with Crippen molar-refractivity contribution in [3.8, 4) is 11.3 Å². The number of rotatable bonds is 2. The van der Waals surface area contributed by atoms with Crippen LogP contribution >= 0.6 is 0 Å². The number of aromatic nitrogens is 4. The Labute approximate surface area is 141 Å². The highest BCUT2D eigenvalue weighted by Gasteiger charge is 2.44. The highest BCUT2D eigenvalue weighted by molar-refractivity contribution is 6.02. The lowest BCUT2D eigenvalue weighted by molar-refractivity contribution is 0.113. The van der Waals surface area contributed by atoms with Gasteiger partial charge in [0, 0.05) is 24.2 Å². The largest absolute Gasteiger partial charge is 0.509 e. The lowest BCUT2D eigenvalue weighted by atomic mass is 10.1. The van der Waals surface area contributed by atoms with E-state index in [1.54, 1.807) is 18.5 Å². The number of nitrogen functional groups attached to an aromatic ring is 1. The fourth-order valence-electron chi connectivity index (χ4n) is 3.47. The Morgan fingerprint density at radius 1 is 1.16 bits per heavy atom. The molecule has 2 atom stereocenters. The van der Waals surface area contributed by atoms with E-state index in [0.717, 1.165) is 28.0 Å². The minimum atomic E-state index is -0.590. The molecule has 3 N–H and O–H groups in total. The first-order valence-corrected chi connectivity index (χ1v) is 7.86. The summed E-state index contributed by atoms with van der Waals surface area (Å²) < 4.78 is 10.4. The summed E-state index contributed by atoms with van der Waals surface area (Å²) in [6.45, 7) is 1.15. The molecule has 0 unspecified atom stereocenters. The number of carbonyl (C=O) groups excluding carboxylic acids is 1. The van der Waals surface area contributed by atoms with Crippen LogP contribution in [0.5, 0.6) is 0 Å². The average molecular weight is 338 g/mol. The SMILES string of the molecule is Nc1nccc(-c2c[nH]c3nccc(N4C[C@@H]5OC(=O)O[C@@H]5C4)c23)n1. The van der Waals surface area contributed by atoms with Crippen molar-refractivity contribution in [1.29, 1.82) is 0 Å². The molecule has 2 saturated heterocycles. The maximum Gasteiger partial charge on any atom is 0.509 e. The van der Waals surface area contributed by atoms with Gasteiger partial charge in [-0.2, -0.15) is 0 Å². The highest BCUT2D eigenvalue weighted by Crippen LogP contribution is 2.37. The molecule has 2 fully saturated rings. The first-order chi connectivity index (χ1) is 12.2. The van der Waals surface area contributed by atoms with Gasteiger partial charge >= 0.3 is 6.16 Å². The van der Waals surface area contributed by atoms with Gasteiger partial charge in [0.05, 0.1) is 29.9 Å². The topological polar surface area (TPSA) is 119 Å². The standard InChI is InChI=1S/C16H14N6O3/c17-15-19-3-1-9(21-15)8-5-20-14-13(8)10(2-4-18-14)22-6-11-12(7-22)25-16(23)24-11/h1-5,11-12H,6-7H2,(H,18,20)(H2,17,19,21)/t11-,12+. The number of ether oxygens (including phenoxy) is 2. The van der Waals surface area contributed by atoms with Crippen LogP contribution in [0.4, 0.5) is 16.4 Å². The van der Waals surface area contributed by atoms with Crippen LogP contribution in [0.3, 0.4) is 0 Å². The van der Waals surface area contributed by atoms with Crippen molar-refractivity contribution in [2.24, 2.45) is 0 Å². The Hall–Kier alpha value is -3.36. The van der Waals surface area contributed by atoms with E-state index in [-0.39, 0.29) is 18.2 Å². The van der Waals surface area contributed by atoms with Gasteiger partial charge in [-0.05, 0) is 12.1 Å². The number of nitrogens with two attached hydrogens (primary N) is 1. The van der Waals surface area contributed by atoms with E-state index >= 15 is 0 Å². The van der Waals surface area contributed by atoms with Crippen molar-refractivity contribution in [3.63, 3.8) is 0 Å². The molecule has 0 radical (unpaired) electrons. The third kappa shape index (κ3) is 2.16. The zero-order valence-corrected chi connectivity index (χ0v) is 13.0. The van der Waals surface area contributed by atoms with Gasteiger partial charge in [-0.25, -0.2) is 19.7 Å². The Morgan fingerprint density at radius 2 is 1.92 bits per heavy atom. The molecule has 9 heteroatoms. The lowest BCUT2D eigenvalue weighted by Gasteiger charge is -2.20. The summed E-state index contributed by atoms with van der Waals surface area (Å²) >= 11 is 0. The van der Waals surface area contributed by atoms with Crippen molar-refractivity contribution >= 4 is 28.8 Å². The van der Waals surface area contributed by atoms with Crippen molar-refractivity contribution in [3.05, 3.63) is 30.7 Å². The predicted molar refractivity (Wildman–Crippen MR) is 88.9 cm³/mol. The molecule has 0 spiro atoms. The number of carbonyl (C=O) groups is 1. The summed E-state index contributed by atoms with van der Waals surface area (Å²) in [4.78, 5) is 29.2. The van der Waals surface area contributed by atoms with Gasteiger partial charge in [0.15, 0.2) is 12.2 Å². The molecule has 3 aromatic rings. The summed E-state index contributed by atoms with van der Waals surface area (Å²) in [5.41, 5.74) is 9.06. The fourth-order valence-corrected chi connectivity index (χ4v) is 3.47. The second-order valence-electron chi connectivity index (χ2n) is 6.02. The van der Waals surface area contributed by atoms with Gasteiger partial charge in [0.2, 0.25) is 5.95 Å². The Balaban J connectivity index is 1.60. The highest BCUT2D eigenvalue weighted by atomic mass is 16.8. The van der Waals surface area contributed by atoms with E-state index in [1.165, 1.54) is 0 Å². The molecule has 0 saturated carbocycles. The number of H-pyrrole nitrogens is 1. The van der Waals surface area contributed by atoms with E-state index < -0.39 is 6.16 Å². The van der Waals surface area contributed by atoms with Crippen molar-refractivity contribution in [2.45, 2.75) is 12.2 Å². The van der Waals surface area contributed by atoms with Gasteiger partial charge in [-0.3, -0.25) is 0 Å². The van der Waals surface area contributed by atoms with Gasteiger partial charge in [0.25, 0.3) is 0 Å². The second kappa shape index (κ2) is 5.07. The Bertz CT molecular complexity index is 971. The molecule has 25 heavy (non-hydrogen) atoms. The molecular formula is C16H14N6O3. The molecule has 0 bridgehead atoms. The number of anilines is 2. The summed E-state index contributed by atoms with van der Waals surface area (Å²) in [6.07, 6.45) is 4.15. The summed E-state index contributed by atoms with van der Waals surface area (Å²) in [7, 11) is 0. The van der Waals surface area contributed by atoms with Gasteiger partial charge in [-0.1, -0.05) is 0 Å². The number of nitrogens with one attached hydrogen (secondary N) is 1. The maximum absolute atomic E-state index is 11.2. The minimum absolute atomic E-state index is 0.216. The molecule has 2 aliphatic heterocycles. The van der Waals surface area contributed by atoms with Crippen molar-refractivity contribution in [1.82, 2.24) is 19.9 Å². The summed E-state index contributed by atoms with van der Waals surface area (Å²) in [6, 6.07) is 3.74. The van der Waals surface area contributed by atoms with Crippen LogP contribution in [0, 0.1) is 0 Å². The third-order valence-electron chi connectivity index (χ3n) is 4.55. The zero-order valence-electron chi connectivity index (χ0n) is 13.0. The van der Waals surface area contributed by atoms with E-state index in [1.807, 2.05) is 12.3 Å². The van der Waals surface area contributed by atoms with Crippen LogP contribution < -0.4 is 10.6 Å². The molecule has 0 aromatic carbocycles. The second-order valence-corrected chi connectivity index (χ2v) is 6.02. The number of hydrogen-bond donors (Lipinski definition) is 2. The molecule has 2 aliphatic rings. The van der Waals surface area contributed by atoms with Gasteiger partial charge in [0.1, 0.15) is 5.65 Å². The monoisotopic (exact) mass is 338 g/mol. The molecule has 5 rings (SSSR count). The average Bonchev–Trinajstić information content (AvgIpc) is 3.26. The summed E-state index contributed by atoms with van der Waals surface area (Å²) in [5, 5.41) is 0.937. The molecule has 9 nitrogen and oxygen atoms in total. The van der Waals surface area contributed by atoms with E-state index in [2.05, 4.69) is 24.8 Å². The summed E-state index contributed by atoms with van der Waals surface area (Å²) in [5.74, 6) is 0.216. The van der Waals surface area contributed by atoms with Crippen LogP contribution in [0.2, 0.25) is 0 Å². The molecule has 126 valence electrons. The Kier molecular flexibility index (Phi) is 2.84. The van der Waals surface area contributed by atoms with Crippen LogP contribution in [0.1, 0.15) is 0 Å². The molecule has 3 aromatic heterocycles. The smallest absolute Gasteiger partial charge is 0.425 e. The van der Waals surface area contributed by atoms with Crippen molar-refractivity contribution in [2.75, 3.05) is 23.7 Å². The predicted octanol–water partition coefficient (Wildman–Crippen LogP) is 1.33.